The molecule has 5 nitrogen and oxygen atoms in total. The molecule has 0 saturated heterocycles. The lowest BCUT2D eigenvalue weighted by Crippen LogP contribution is -2.24. The molecule has 2 aromatic rings. The number of aliphatic carboxylic acids is 1. The van der Waals surface area contributed by atoms with E-state index in [1.54, 1.807) is 5.38 Å². The van der Waals surface area contributed by atoms with Crippen LogP contribution < -0.4 is 15.2 Å². The van der Waals surface area contributed by atoms with Crippen LogP contribution in [0.4, 0.5) is 5.13 Å². The largest absolute Gasteiger partial charge is 0.550 e. The summed E-state index contributed by atoms with van der Waals surface area (Å²) < 4.78 is 5.67. The summed E-state index contributed by atoms with van der Waals surface area (Å²) in [7, 11) is 0. The van der Waals surface area contributed by atoms with Crippen LogP contribution in [-0.2, 0) is 17.8 Å². The third-order valence-corrected chi connectivity index (χ3v) is 4.11. The second kappa shape index (κ2) is 9.15. The summed E-state index contributed by atoms with van der Waals surface area (Å²) >= 11 is 1.39. The zero-order valence-electron chi connectivity index (χ0n) is 13.2. The van der Waals surface area contributed by atoms with Gasteiger partial charge in [0.15, 0.2) is 5.13 Å². The van der Waals surface area contributed by atoms with Crippen LogP contribution in [0.15, 0.2) is 29.6 Å². The summed E-state index contributed by atoms with van der Waals surface area (Å²) in [6.45, 7) is 3.56. The predicted molar refractivity (Wildman–Crippen MR) is 89.6 cm³/mol. The van der Waals surface area contributed by atoms with Crippen molar-refractivity contribution < 1.29 is 14.6 Å². The molecule has 0 amide bonds. The molecule has 1 aromatic heterocycles. The van der Waals surface area contributed by atoms with Crippen LogP contribution in [0.2, 0.25) is 0 Å². The Balaban J connectivity index is 1.77. The van der Waals surface area contributed by atoms with Gasteiger partial charge in [0.1, 0.15) is 5.75 Å². The Hall–Kier alpha value is -2.08. The van der Waals surface area contributed by atoms with Crippen LogP contribution in [0, 0.1) is 0 Å². The number of hydrogen-bond donors (Lipinski definition) is 1. The van der Waals surface area contributed by atoms with Gasteiger partial charge in [0.25, 0.3) is 0 Å². The molecule has 0 aliphatic rings. The molecule has 1 N–H and O–H groups in total. The highest BCUT2D eigenvalue weighted by Crippen LogP contribution is 2.18. The molecule has 0 saturated carbocycles. The maximum absolute atomic E-state index is 10.5. The van der Waals surface area contributed by atoms with Gasteiger partial charge in [0, 0.05) is 24.3 Å². The van der Waals surface area contributed by atoms with Crippen molar-refractivity contribution in [2.24, 2.45) is 0 Å². The number of carbonyl (C=O) groups excluding carboxylic acids is 1. The number of carboxylic acids is 1. The highest BCUT2D eigenvalue weighted by atomic mass is 32.1. The van der Waals surface area contributed by atoms with Crippen LogP contribution in [0.3, 0.4) is 0 Å². The lowest BCUT2D eigenvalue weighted by Gasteiger charge is -2.07. The molecule has 1 aromatic carbocycles. The molecule has 0 aliphatic heterocycles. The average Bonchev–Trinajstić information content (AvgIpc) is 2.97. The number of carbonyl (C=O) groups is 1. The van der Waals surface area contributed by atoms with Gasteiger partial charge in [-0.1, -0.05) is 31.9 Å². The average molecular weight is 333 g/mol. The molecule has 0 unspecified atom stereocenters. The Labute approximate surface area is 140 Å². The van der Waals surface area contributed by atoms with Crippen molar-refractivity contribution in [1.29, 1.82) is 0 Å². The minimum absolute atomic E-state index is 0.151. The fourth-order valence-corrected chi connectivity index (χ4v) is 2.75. The van der Waals surface area contributed by atoms with E-state index in [0.29, 0.717) is 17.4 Å². The topological polar surface area (TPSA) is 74.3 Å². The number of anilines is 1. The van der Waals surface area contributed by atoms with Crippen LogP contribution in [0.5, 0.6) is 5.75 Å². The monoisotopic (exact) mass is 333 g/mol. The second-order valence-electron chi connectivity index (χ2n) is 5.25. The summed E-state index contributed by atoms with van der Waals surface area (Å²) in [5, 5.41) is 16.1. The van der Waals surface area contributed by atoms with Gasteiger partial charge < -0.3 is 20.0 Å². The van der Waals surface area contributed by atoms with Gasteiger partial charge in [-0.25, -0.2) is 4.98 Å². The summed E-state index contributed by atoms with van der Waals surface area (Å²) in [4.78, 5) is 14.7. The molecule has 1 heterocycles. The molecule has 23 heavy (non-hydrogen) atoms. The molecule has 0 spiro atoms. The standard InChI is InChI=1S/C17H22N2O3S/c1-2-3-4-9-22-15-7-5-13(6-8-15)11-18-17-19-14(12-23-17)10-16(20)21/h5-8,12H,2-4,9-11H2,1H3,(H,18,19)(H,20,21)/p-1. The van der Waals surface area contributed by atoms with Crippen molar-refractivity contribution in [2.75, 3.05) is 11.9 Å². The molecule has 0 atom stereocenters. The van der Waals surface area contributed by atoms with E-state index in [9.17, 15) is 9.90 Å². The van der Waals surface area contributed by atoms with Crippen LogP contribution in [0.25, 0.3) is 0 Å². The van der Waals surface area contributed by atoms with Gasteiger partial charge >= 0.3 is 0 Å². The molecule has 2 rings (SSSR count). The van der Waals surface area contributed by atoms with Crippen molar-refractivity contribution >= 4 is 22.4 Å². The minimum Gasteiger partial charge on any atom is -0.550 e. The summed E-state index contributed by atoms with van der Waals surface area (Å²) in [5.74, 6) is -0.230. The lowest BCUT2D eigenvalue weighted by atomic mass is 10.2. The number of aromatic nitrogens is 1. The van der Waals surface area contributed by atoms with Gasteiger partial charge in [-0.3, -0.25) is 0 Å². The number of hydrogen-bond acceptors (Lipinski definition) is 6. The summed E-state index contributed by atoms with van der Waals surface area (Å²) in [6, 6.07) is 7.95. The van der Waals surface area contributed by atoms with E-state index in [0.717, 1.165) is 24.3 Å². The van der Waals surface area contributed by atoms with E-state index >= 15 is 0 Å². The zero-order valence-corrected chi connectivity index (χ0v) is 14.0. The van der Waals surface area contributed by atoms with Gasteiger partial charge in [0.05, 0.1) is 12.3 Å². The third kappa shape index (κ3) is 6.28. The Morgan fingerprint density at radius 1 is 1.30 bits per heavy atom. The Morgan fingerprint density at radius 2 is 2.09 bits per heavy atom. The van der Waals surface area contributed by atoms with E-state index in [1.165, 1.54) is 24.2 Å². The fraction of sp³-hybridized carbons (Fsp3) is 0.412. The van der Waals surface area contributed by atoms with Crippen molar-refractivity contribution in [2.45, 2.75) is 39.2 Å². The normalized spacial score (nSPS) is 10.5. The Kier molecular flexibility index (Phi) is 6.87. The highest BCUT2D eigenvalue weighted by molar-refractivity contribution is 7.13. The van der Waals surface area contributed by atoms with E-state index in [2.05, 4.69) is 17.2 Å². The van der Waals surface area contributed by atoms with Crippen LogP contribution in [-0.4, -0.2) is 17.6 Å². The SMILES string of the molecule is CCCCCOc1ccc(CNc2nc(CC(=O)[O-])cs2)cc1. The second-order valence-corrected chi connectivity index (χ2v) is 6.10. The first-order valence-electron chi connectivity index (χ1n) is 7.77. The van der Waals surface area contributed by atoms with Crippen molar-refractivity contribution in [3.8, 4) is 5.75 Å². The van der Waals surface area contributed by atoms with E-state index < -0.39 is 5.97 Å². The number of ether oxygens (including phenoxy) is 1. The molecule has 6 heteroatoms. The quantitative estimate of drug-likeness (QED) is 0.677. The minimum atomic E-state index is -1.11. The smallest absolute Gasteiger partial charge is 0.183 e. The van der Waals surface area contributed by atoms with E-state index in [1.807, 2.05) is 24.3 Å². The van der Waals surface area contributed by atoms with E-state index in [-0.39, 0.29) is 6.42 Å². The Morgan fingerprint density at radius 3 is 2.78 bits per heavy atom. The maximum Gasteiger partial charge on any atom is 0.183 e. The summed E-state index contributed by atoms with van der Waals surface area (Å²) in [6.07, 6.45) is 3.31. The van der Waals surface area contributed by atoms with Crippen LogP contribution in [0.1, 0.15) is 37.4 Å². The molecule has 124 valence electrons. The number of nitrogens with zero attached hydrogens (tertiary/aromatic N) is 1. The zero-order chi connectivity index (χ0) is 16.5. The number of benzene rings is 1. The van der Waals surface area contributed by atoms with Crippen LogP contribution >= 0.6 is 11.3 Å². The highest BCUT2D eigenvalue weighted by Gasteiger charge is 2.02. The number of unbranched alkanes of at least 4 members (excludes halogenated alkanes) is 2. The molecule has 0 radical (unpaired) electrons. The Bertz CT molecular complexity index is 611. The molecule has 0 bridgehead atoms. The first-order valence-corrected chi connectivity index (χ1v) is 8.65. The van der Waals surface area contributed by atoms with Crippen molar-refractivity contribution in [3.63, 3.8) is 0 Å². The number of carboxylic acid groups (broad SMARTS) is 1. The first-order chi connectivity index (χ1) is 11.2. The maximum atomic E-state index is 10.5. The van der Waals surface area contributed by atoms with Gasteiger partial charge in [0.2, 0.25) is 0 Å². The van der Waals surface area contributed by atoms with E-state index in [4.69, 9.17) is 4.74 Å². The fourth-order valence-electron chi connectivity index (χ4n) is 2.04. The lowest BCUT2D eigenvalue weighted by molar-refractivity contribution is -0.304. The predicted octanol–water partition coefficient (Wildman–Crippen LogP) is 2.62. The summed E-state index contributed by atoms with van der Waals surface area (Å²) in [5.41, 5.74) is 1.64. The van der Waals surface area contributed by atoms with Gasteiger partial charge in [-0.15, -0.1) is 11.3 Å². The first kappa shape index (κ1) is 17.3. The number of nitrogens with one attached hydrogen (secondary N) is 1. The van der Waals surface area contributed by atoms with Crippen molar-refractivity contribution in [1.82, 2.24) is 4.98 Å². The molecular formula is C17H21N2O3S-. The molecule has 0 aliphatic carbocycles. The molecule has 0 fully saturated rings. The number of rotatable bonds is 10. The van der Waals surface area contributed by atoms with Gasteiger partial charge in [-0.05, 0) is 24.1 Å². The van der Waals surface area contributed by atoms with Crippen molar-refractivity contribution in [3.05, 3.63) is 40.9 Å². The number of thiazole rings is 1. The molecular weight excluding hydrogens is 312 g/mol. The third-order valence-electron chi connectivity index (χ3n) is 3.26. The van der Waals surface area contributed by atoms with Gasteiger partial charge in [-0.2, -0.15) is 0 Å².